The van der Waals surface area contributed by atoms with E-state index in [1.807, 2.05) is 0 Å². The third kappa shape index (κ3) is 3.41. The maximum Gasteiger partial charge on any atom is 0.254 e. The van der Waals surface area contributed by atoms with E-state index in [0.717, 1.165) is 0 Å². The lowest BCUT2D eigenvalue weighted by Gasteiger charge is -2.26. The molecule has 29 heavy (non-hydrogen) atoms. The summed E-state index contributed by atoms with van der Waals surface area (Å²) < 4.78 is 6.86. The maximum atomic E-state index is 12.5. The summed E-state index contributed by atoms with van der Waals surface area (Å²) in [5.41, 5.74) is 1.81. The number of aromatic nitrogens is 4. The first-order chi connectivity index (χ1) is 14.1. The number of morpholine rings is 1. The van der Waals surface area contributed by atoms with E-state index in [2.05, 4.69) is 28.2 Å². The lowest BCUT2D eigenvalue weighted by molar-refractivity contribution is -0.125. The Morgan fingerprint density at radius 2 is 2.14 bits per heavy atom. The van der Waals surface area contributed by atoms with Gasteiger partial charge in [0.1, 0.15) is 12.4 Å². The number of aromatic hydroxyl groups is 1. The fourth-order valence-corrected chi connectivity index (χ4v) is 3.15. The van der Waals surface area contributed by atoms with Crippen molar-refractivity contribution < 1.29 is 14.6 Å². The quantitative estimate of drug-likeness (QED) is 0.675. The highest BCUT2D eigenvalue weighted by molar-refractivity contribution is 6.02. The van der Waals surface area contributed by atoms with Gasteiger partial charge in [0, 0.05) is 5.56 Å². The molecule has 0 aliphatic carbocycles. The van der Waals surface area contributed by atoms with Crippen molar-refractivity contribution in [1.29, 1.82) is 0 Å². The summed E-state index contributed by atoms with van der Waals surface area (Å²) in [6, 6.07) is 6.64. The first-order valence-electron chi connectivity index (χ1n) is 9.01. The van der Waals surface area contributed by atoms with E-state index in [9.17, 15) is 9.90 Å². The lowest BCUT2D eigenvalue weighted by Crippen LogP contribution is -2.42. The number of hydrogen-bond donors (Lipinski definition) is 1. The maximum absolute atomic E-state index is 12.5. The molecule has 1 fully saturated rings. The van der Waals surface area contributed by atoms with Crippen LogP contribution in [-0.4, -0.2) is 50.5 Å². The molecule has 4 rings (SSSR count). The van der Waals surface area contributed by atoms with Crippen LogP contribution in [0.2, 0.25) is 0 Å². The van der Waals surface area contributed by atoms with Crippen LogP contribution in [0.25, 0.3) is 28.1 Å². The molecule has 8 nitrogen and oxygen atoms in total. The monoisotopic (exact) mass is 389 g/mol. The summed E-state index contributed by atoms with van der Waals surface area (Å²) in [7, 11) is 0. The van der Waals surface area contributed by atoms with Crippen LogP contribution in [0.15, 0.2) is 61.8 Å². The van der Waals surface area contributed by atoms with E-state index in [0.29, 0.717) is 47.1 Å². The van der Waals surface area contributed by atoms with Gasteiger partial charge in [-0.2, -0.15) is 5.10 Å². The molecular weight excluding hydrogens is 370 g/mol. The highest BCUT2D eigenvalue weighted by Crippen LogP contribution is 2.30. The van der Waals surface area contributed by atoms with Crippen LogP contribution in [0.1, 0.15) is 0 Å². The van der Waals surface area contributed by atoms with E-state index in [4.69, 9.17) is 4.74 Å². The zero-order chi connectivity index (χ0) is 20.4. The molecule has 146 valence electrons. The van der Waals surface area contributed by atoms with Crippen molar-refractivity contribution in [3.63, 3.8) is 0 Å². The molecule has 0 atom stereocenters. The summed E-state index contributed by atoms with van der Waals surface area (Å²) in [6.07, 6.45) is 6.66. The molecule has 1 aliphatic rings. The summed E-state index contributed by atoms with van der Waals surface area (Å²) in [5.74, 6) is 0.736. The number of hydrogen-bond acceptors (Lipinski definition) is 6. The highest BCUT2D eigenvalue weighted by atomic mass is 16.5. The van der Waals surface area contributed by atoms with E-state index in [1.165, 1.54) is 0 Å². The number of fused-ring (bicyclic) bond motifs is 1. The number of phenols is 1. The number of ether oxygens (including phenoxy) is 1. The minimum absolute atomic E-state index is 0.00460. The second kappa shape index (κ2) is 7.69. The summed E-state index contributed by atoms with van der Waals surface area (Å²) >= 11 is 0. The number of carbonyl (C=O) groups is 1. The van der Waals surface area contributed by atoms with Gasteiger partial charge in [-0.3, -0.25) is 9.69 Å². The summed E-state index contributed by atoms with van der Waals surface area (Å²) in [6.45, 7) is 8.34. The molecule has 1 saturated heterocycles. The van der Waals surface area contributed by atoms with Crippen molar-refractivity contribution in [3.8, 4) is 17.1 Å². The molecule has 0 radical (unpaired) electrons. The van der Waals surface area contributed by atoms with Gasteiger partial charge < -0.3 is 9.84 Å². The van der Waals surface area contributed by atoms with Crippen molar-refractivity contribution in [2.45, 2.75) is 0 Å². The van der Waals surface area contributed by atoms with Crippen molar-refractivity contribution >= 4 is 28.5 Å². The molecule has 0 saturated carbocycles. The third-order valence-corrected chi connectivity index (χ3v) is 4.50. The number of nitrogens with zero attached hydrogens (tertiary/aromatic N) is 5. The highest BCUT2D eigenvalue weighted by Gasteiger charge is 2.26. The van der Waals surface area contributed by atoms with Gasteiger partial charge in [0.05, 0.1) is 30.4 Å². The van der Waals surface area contributed by atoms with Gasteiger partial charge in [0.2, 0.25) is 0 Å². The molecule has 0 unspecified atom stereocenters. The molecule has 1 aromatic carbocycles. The predicted molar refractivity (Wildman–Crippen MR) is 110 cm³/mol. The first kappa shape index (κ1) is 18.6. The van der Waals surface area contributed by atoms with Gasteiger partial charge >= 0.3 is 0 Å². The molecule has 3 aromatic rings. The fraction of sp³-hybridized carbons (Fsp3) is 0.143. The van der Waals surface area contributed by atoms with Gasteiger partial charge in [-0.15, -0.1) is 0 Å². The van der Waals surface area contributed by atoms with Crippen molar-refractivity contribution in [1.82, 2.24) is 19.7 Å². The number of rotatable bonds is 5. The molecule has 0 spiro atoms. The van der Waals surface area contributed by atoms with Crippen LogP contribution < -0.4 is 4.90 Å². The van der Waals surface area contributed by atoms with Gasteiger partial charge in [0.25, 0.3) is 5.91 Å². The minimum atomic E-state index is -0.184. The van der Waals surface area contributed by atoms with Crippen molar-refractivity contribution in [2.24, 2.45) is 0 Å². The molecular formula is C21H19N5O3. The molecule has 1 N–H and O–H groups in total. The second-order valence-corrected chi connectivity index (χ2v) is 6.34. The minimum Gasteiger partial charge on any atom is -0.508 e. The molecule has 2 aromatic heterocycles. The third-order valence-electron chi connectivity index (χ3n) is 4.50. The Bertz CT molecular complexity index is 1150. The van der Waals surface area contributed by atoms with Gasteiger partial charge in [0.15, 0.2) is 17.3 Å². The Morgan fingerprint density at radius 3 is 2.86 bits per heavy atom. The van der Waals surface area contributed by atoms with Crippen molar-refractivity contribution in [2.75, 3.05) is 24.7 Å². The SMILES string of the molecule is C=C/C=C(\C=C)n1ncc2c(N3CCOCC3=O)nc(-c3cccc(O)c3)nc21. The standard InChI is InChI=1S/C21H19N5O3/c1-3-6-15(4-2)26-21-17(12-22-26)20(25-9-10-29-13-18(25)28)23-19(24-21)14-7-5-8-16(27)11-14/h3-8,11-12,27H,1-2,9-10,13H2/b15-6+. The predicted octanol–water partition coefficient (Wildman–Crippen LogP) is 2.78. The lowest BCUT2D eigenvalue weighted by atomic mass is 10.2. The zero-order valence-corrected chi connectivity index (χ0v) is 15.7. The van der Waals surface area contributed by atoms with Gasteiger partial charge in [-0.25, -0.2) is 14.6 Å². The second-order valence-electron chi connectivity index (χ2n) is 6.34. The molecule has 3 heterocycles. The number of benzene rings is 1. The van der Waals surface area contributed by atoms with E-state index < -0.39 is 0 Å². The Morgan fingerprint density at radius 1 is 1.28 bits per heavy atom. The molecule has 0 bridgehead atoms. The Hall–Kier alpha value is -3.78. The van der Waals surface area contributed by atoms with Crippen molar-refractivity contribution in [3.05, 3.63) is 61.8 Å². The Labute approximate surface area is 167 Å². The topological polar surface area (TPSA) is 93.4 Å². The number of anilines is 1. The van der Waals surface area contributed by atoms with E-state index in [-0.39, 0.29) is 18.3 Å². The van der Waals surface area contributed by atoms with E-state index >= 15 is 0 Å². The van der Waals surface area contributed by atoms with Crippen LogP contribution in [0.3, 0.4) is 0 Å². The number of phenolic OH excluding ortho intramolecular Hbond substituents is 1. The van der Waals surface area contributed by atoms with Crippen LogP contribution in [0.4, 0.5) is 5.82 Å². The first-order valence-corrected chi connectivity index (χ1v) is 9.01. The van der Waals surface area contributed by atoms with Gasteiger partial charge in [-0.05, 0) is 24.3 Å². The number of amides is 1. The average molecular weight is 389 g/mol. The summed E-state index contributed by atoms with van der Waals surface area (Å²) in [5, 5.41) is 14.9. The van der Waals surface area contributed by atoms with Crippen LogP contribution in [0.5, 0.6) is 5.75 Å². The number of carbonyl (C=O) groups excluding carboxylic acids is 1. The smallest absolute Gasteiger partial charge is 0.254 e. The summed E-state index contributed by atoms with van der Waals surface area (Å²) in [4.78, 5) is 23.4. The van der Waals surface area contributed by atoms with Crippen LogP contribution in [-0.2, 0) is 9.53 Å². The number of allylic oxidation sites excluding steroid dienone is 4. The Balaban J connectivity index is 1.99. The molecule has 1 amide bonds. The van der Waals surface area contributed by atoms with E-state index in [1.54, 1.807) is 58.3 Å². The molecule has 1 aliphatic heterocycles. The average Bonchev–Trinajstić information content (AvgIpc) is 3.16. The Kier molecular flexibility index (Phi) is 4.92. The normalized spacial score (nSPS) is 15.0. The fourth-order valence-electron chi connectivity index (χ4n) is 3.15. The largest absolute Gasteiger partial charge is 0.508 e. The van der Waals surface area contributed by atoms with Crippen LogP contribution in [0, 0.1) is 0 Å². The van der Waals surface area contributed by atoms with Gasteiger partial charge in [-0.1, -0.05) is 31.4 Å². The zero-order valence-electron chi connectivity index (χ0n) is 15.7. The van der Waals surface area contributed by atoms with Crippen LogP contribution >= 0.6 is 0 Å². The molecule has 8 heteroatoms.